The lowest BCUT2D eigenvalue weighted by molar-refractivity contribution is 0.430. The Labute approximate surface area is 87.8 Å². The Balaban J connectivity index is 2.50. The number of halogens is 1. The highest BCUT2D eigenvalue weighted by Crippen LogP contribution is 2.42. The lowest BCUT2D eigenvalue weighted by Gasteiger charge is -2.23. The van der Waals surface area contributed by atoms with Gasteiger partial charge in [0.15, 0.2) is 0 Å². The summed E-state index contributed by atoms with van der Waals surface area (Å²) in [5, 5.41) is 0. The summed E-state index contributed by atoms with van der Waals surface area (Å²) in [6.07, 6.45) is 5.03. The highest BCUT2D eigenvalue weighted by atomic mass is 19.1. The first kappa shape index (κ1) is 10.1. The summed E-state index contributed by atoms with van der Waals surface area (Å²) < 4.78 is 13.6. The van der Waals surface area contributed by atoms with E-state index in [-0.39, 0.29) is 5.82 Å². The molecule has 0 bridgehead atoms. The molecule has 0 saturated heterocycles. The van der Waals surface area contributed by atoms with Crippen LogP contribution in [-0.4, -0.2) is 6.08 Å². The maximum Gasteiger partial charge on any atom is 0.235 e. The van der Waals surface area contributed by atoms with Crippen molar-refractivity contribution in [1.29, 1.82) is 0 Å². The minimum atomic E-state index is -0.646. The molecular formula is C12H12FNO. The second-order valence-corrected chi connectivity index (χ2v) is 3.92. The highest BCUT2D eigenvalue weighted by Gasteiger charge is 2.37. The summed E-state index contributed by atoms with van der Waals surface area (Å²) in [4.78, 5) is 14.3. The predicted molar refractivity (Wildman–Crippen MR) is 54.7 cm³/mol. The number of aliphatic imine (C=N–C) groups is 1. The molecule has 2 rings (SSSR count). The number of rotatable bonds is 2. The van der Waals surface area contributed by atoms with Crippen molar-refractivity contribution in [3.05, 3.63) is 35.6 Å². The van der Waals surface area contributed by atoms with Crippen LogP contribution in [0.1, 0.15) is 31.2 Å². The van der Waals surface area contributed by atoms with E-state index in [1.807, 2.05) is 0 Å². The van der Waals surface area contributed by atoms with Gasteiger partial charge in [-0.1, -0.05) is 31.0 Å². The van der Waals surface area contributed by atoms with Crippen LogP contribution in [0.25, 0.3) is 0 Å². The number of hydrogen-bond donors (Lipinski definition) is 0. The Bertz CT molecular complexity index is 404. The average Bonchev–Trinajstić information content (AvgIpc) is 2.69. The first-order chi connectivity index (χ1) is 7.28. The quantitative estimate of drug-likeness (QED) is 0.539. The Morgan fingerprint density at radius 1 is 1.27 bits per heavy atom. The zero-order chi connectivity index (χ0) is 10.7. The minimum Gasteiger partial charge on any atom is -0.211 e. The van der Waals surface area contributed by atoms with E-state index in [1.54, 1.807) is 24.3 Å². The van der Waals surface area contributed by atoms with E-state index in [1.165, 1.54) is 6.07 Å². The van der Waals surface area contributed by atoms with Crippen LogP contribution in [0.15, 0.2) is 29.3 Å². The fraction of sp³-hybridized carbons (Fsp3) is 0.417. The van der Waals surface area contributed by atoms with Gasteiger partial charge < -0.3 is 0 Å². The summed E-state index contributed by atoms with van der Waals surface area (Å²) in [6, 6.07) is 6.54. The molecule has 1 aromatic rings. The van der Waals surface area contributed by atoms with Crippen LogP contribution in [0.5, 0.6) is 0 Å². The van der Waals surface area contributed by atoms with Crippen LogP contribution in [0, 0.1) is 5.82 Å². The number of benzene rings is 1. The molecule has 1 fully saturated rings. The lowest BCUT2D eigenvalue weighted by Crippen LogP contribution is -2.20. The first-order valence-corrected chi connectivity index (χ1v) is 5.12. The number of hydrogen-bond acceptors (Lipinski definition) is 2. The smallest absolute Gasteiger partial charge is 0.211 e. The van der Waals surface area contributed by atoms with Gasteiger partial charge in [0.2, 0.25) is 6.08 Å². The summed E-state index contributed by atoms with van der Waals surface area (Å²) in [5.41, 5.74) is -0.113. The number of nitrogens with zero attached hydrogens (tertiary/aromatic N) is 1. The van der Waals surface area contributed by atoms with Crippen molar-refractivity contribution in [3.8, 4) is 0 Å². The number of isocyanates is 1. The third kappa shape index (κ3) is 1.71. The van der Waals surface area contributed by atoms with E-state index < -0.39 is 5.54 Å². The molecule has 0 aromatic heterocycles. The van der Waals surface area contributed by atoms with Gasteiger partial charge in [0.25, 0.3) is 0 Å². The molecule has 1 aliphatic rings. The fourth-order valence-corrected chi connectivity index (χ4v) is 2.33. The van der Waals surface area contributed by atoms with Crippen molar-refractivity contribution in [2.45, 2.75) is 31.2 Å². The molecule has 2 nitrogen and oxygen atoms in total. The van der Waals surface area contributed by atoms with Gasteiger partial charge in [-0.05, 0) is 18.9 Å². The van der Waals surface area contributed by atoms with Crippen molar-refractivity contribution >= 4 is 6.08 Å². The van der Waals surface area contributed by atoms with Crippen molar-refractivity contribution < 1.29 is 9.18 Å². The Kier molecular flexibility index (Phi) is 2.65. The van der Waals surface area contributed by atoms with E-state index in [0.29, 0.717) is 5.56 Å². The van der Waals surface area contributed by atoms with Gasteiger partial charge in [0.1, 0.15) is 11.4 Å². The molecule has 0 amide bonds. The zero-order valence-corrected chi connectivity index (χ0v) is 8.37. The second kappa shape index (κ2) is 3.95. The van der Waals surface area contributed by atoms with Gasteiger partial charge in [-0.25, -0.2) is 9.18 Å². The molecule has 0 aliphatic heterocycles. The highest BCUT2D eigenvalue weighted by molar-refractivity contribution is 5.39. The maximum atomic E-state index is 13.6. The van der Waals surface area contributed by atoms with E-state index in [4.69, 9.17) is 0 Å². The van der Waals surface area contributed by atoms with E-state index in [2.05, 4.69) is 4.99 Å². The fourth-order valence-electron chi connectivity index (χ4n) is 2.33. The predicted octanol–water partition coefficient (Wildman–Crippen LogP) is 2.93. The minimum absolute atomic E-state index is 0.279. The molecule has 3 heteroatoms. The van der Waals surface area contributed by atoms with Crippen LogP contribution in [0.2, 0.25) is 0 Å². The molecule has 0 radical (unpaired) electrons. The molecular weight excluding hydrogens is 193 g/mol. The summed E-state index contributed by atoms with van der Waals surface area (Å²) in [7, 11) is 0. The monoisotopic (exact) mass is 205 g/mol. The third-order valence-electron chi connectivity index (χ3n) is 3.07. The average molecular weight is 205 g/mol. The lowest BCUT2D eigenvalue weighted by atomic mass is 9.88. The molecule has 1 aliphatic carbocycles. The van der Waals surface area contributed by atoms with Crippen LogP contribution < -0.4 is 0 Å². The molecule has 0 heterocycles. The number of carbonyl (C=O) groups excluding carboxylic acids is 1. The van der Waals surface area contributed by atoms with Crippen LogP contribution in [-0.2, 0) is 10.3 Å². The largest absolute Gasteiger partial charge is 0.235 e. The Hall–Kier alpha value is -1.47. The standard InChI is InChI=1S/C12H12FNO/c13-11-6-2-1-5-10(11)12(14-9-15)7-3-4-8-12/h1-2,5-6H,3-4,7-8H2. The van der Waals surface area contributed by atoms with Crippen molar-refractivity contribution in [1.82, 2.24) is 0 Å². The normalized spacial score (nSPS) is 18.5. The van der Waals surface area contributed by atoms with Crippen LogP contribution in [0.3, 0.4) is 0 Å². The van der Waals surface area contributed by atoms with Crippen molar-refractivity contribution in [3.63, 3.8) is 0 Å². The zero-order valence-electron chi connectivity index (χ0n) is 8.37. The molecule has 1 aromatic carbocycles. The summed E-state index contributed by atoms with van der Waals surface area (Å²) >= 11 is 0. The van der Waals surface area contributed by atoms with Gasteiger partial charge in [-0.15, -0.1) is 0 Å². The van der Waals surface area contributed by atoms with Gasteiger partial charge in [-0.3, -0.25) is 0 Å². The second-order valence-electron chi connectivity index (χ2n) is 3.92. The van der Waals surface area contributed by atoms with Crippen LogP contribution in [0.4, 0.5) is 4.39 Å². The van der Waals surface area contributed by atoms with Gasteiger partial charge in [-0.2, -0.15) is 4.99 Å². The molecule has 0 N–H and O–H groups in total. The van der Waals surface area contributed by atoms with Crippen molar-refractivity contribution in [2.24, 2.45) is 4.99 Å². The Morgan fingerprint density at radius 3 is 2.53 bits per heavy atom. The summed E-state index contributed by atoms with van der Waals surface area (Å²) in [5.74, 6) is -0.279. The SMILES string of the molecule is O=C=NC1(c2ccccc2F)CCCC1. The van der Waals surface area contributed by atoms with Gasteiger partial charge >= 0.3 is 0 Å². The molecule has 0 spiro atoms. The van der Waals surface area contributed by atoms with Gasteiger partial charge in [0, 0.05) is 5.56 Å². The molecule has 1 saturated carbocycles. The van der Waals surface area contributed by atoms with Crippen molar-refractivity contribution in [2.75, 3.05) is 0 Å². The molecule has 0 atom stereocenters. The summed E-state index contributed by atoms with van der Waals surface area (Å²) in [6.45, 7) is 0. The molecule has 15 heavy (non-hydrogen) atoms. The maximum absolute atomic E-state index is 13.6. The molecule has 78 valence electrons. The Morgan fingerprint density at radius 2 is 1.93 bits per heavy atom. The van der Waals surface area contributed by atoms with E-state index in [9.17, 15) is 9.18 Å². The van der Waals surface area contributed by atoms with Gasteiger partial charge in [0.05, 0.1) is 0 Å². The van der Waals surface area contributed by atoms with E-state index >= 15 is 0 Å². The topological polar surface area (TPSA) is 29.4 Å². The first-order valence-electron chi connectivity index (χ1n) is 5.12. The van der Waals surface area contributed by atoms with Crippen LogP contribution >= 0.6 is 0 Å². The van der Waals surface area contributed by atoms with E-state index in [0.717, 1.165) is 25.7 Å². The third-order valence-corrected chi connectivity index (χ3v) is 3.07. The molecule has 0 unspecified atom stereocenters.